The first-order chi connectivity index (χ1) is 10.5. The van der Waals surface area contributed by atoms with Crippen LogP contribution in [-0.4, -0.2) is 49.7 Å². The minimum Gasteiger partial charge on any atom is -0.493 e. The van der Waals surface area contributed by atoms with Gasteiger partial charge in [0, 0.05) is 25.2 Å². The van der Waals surface area contributed by atoms with Crippen molar-refractivity contribution < 1.29 is 14.3 Å². The molecule has 1 amide bonds. The van der Waals surface area contributed by atoms with Gasteiger partial charge < -0.3 is 14.8 Å². The van der Waals surface area contributed by atoms with E-state index in [2.05, 4.69) is 37.9 Å². The zero-order valence-electron chi connectivity index (χ0n) is 14.3. The minimum atomic E-state index is -0.127. The van der Waals surface area contributed by atoms with Gasteiger partial charge in [0.1, 0.15) is 0 Å². The van der Waals surface area contributed by atoms with Crippen molar-refractivity contribution in [1.82, 2.24) is 10.2 Å². The topological polar surface area (TPSA) is 50.8 Å². The van der Waals surface area contributed by atoms with Gasteiger partial charge in [-0.05, 0) is 39.8 Å². The number of hydrogen-bond donors (Lipinski definition) is 1. The highest BCUT2D eigenvalue weighted by Gasteiger charge is 2.13. The molecule has 22 heavy (non-hydrogen) atoms. The summed E-state index contributed by atoms with van der Waals surface area (Å²) in [5, 5.41) is 2.88. The molecule has 124 valence electrons. The Kier molecular flexibility index (Phi) is 7.74. The summed E-state index contributed by atoms with van der Waals surface area (Å²) in [7, 11) is 1.58. The SMILES string of the molecule is COc1ccccc1OCC(=O)NCCN(C(C)C)C(C)C. The van der Waals surface area contributed by atoms with Crippen LogP contribution in [0.4, 0.5) is 0 Å². The van der Waals surface area contributed by atoms with E-state index in [4.69, 9.17) is 9.47 Å². The Morgan fingerprint density at radius 3 is 2.27 bits per heavy atom. The second-order valence-corrected chi connectivity index (χ2v) is 5.71. The largest absolute Gasteiger partial charge is 0.493 e. The molecule has 0 spiro atoms. The van der Waals surface area contributed by atoms with Gasteiger partial charge in [-0.15, -0.1) is 0 Å². The van der Waals surface area contributed by atoms with Gasteiger partial charge in [-0.1, -0.05) is 12.1 Å². The molecule has 5 heteroatoms. The molecule has 0 unspecified atom stereocenters. The van der Waals surface area contributed by atoms with Gasteiger partial charge >= 0.3 is 0 Å². The van der Waals surface area contributed by atoms with E-state index in [1.54, 1.807) is 19.2 Å². The van der Waals surface area contributed by atoms with Crippen molar-refractivity contribution >= 4 is 5.91 Å². The standard InChI is InChI=1S/C17H28N2O3/c1-13(2)19(14(3)4)11-10-18-17(20)12-22-16-9-7-6-8-15(16)21-5/h6-9,13-14H,10-12H2,1-5H3,(H,18,20). The maximum Gasteiger partial charge on any atom is 0.257 e. The molecular formula is C17H28N2O3. The minimum absolute atomic E-state index is 0.0102. The average molecular weight is 308 g/mol. The molecule has 0 heterocycles. The van der Waals surface area contributed by atoms with Crippen molar-refractivity contribution in [2.24, 2.45) is 0 Å². The van der Waals surface area contributed by atoms with Crippen LogP contribution in [0.25, 0.3) is 0 Å². The van der Waals surface area contributed by atoms with Gasteiger partial charge in [0.15, 0.2) is 18.1 Å². The molecule has 1 aromatic rings. The molecule has 0 saturated carbocycles. The lowest BCUT2D eigenvalue weighted by Gasteiger charge is -2.30. The Hall–Kier alpha value is -1.75. The summed E-state index contributed by atoms with van der Waals surface area (Å²) in [6, 6.07) is 8.21. The van der Waals surface area contributed by atoms with E-state index in [9.17, 15) is 4.79 Å². The van der Waals surface area contributed by atoms with Gasteiger partial charge in [0.05, 0.1) is 7.11 Å². The Bertz CT molecular complexity index is 453. The molecule has 1 aromatic carbocycles. The normalized spacial score (nSPS) is 11.1. The van der Waals surface area contributed by atoms with Crippen LogP contribution in [0.15, 0.2) is 24.3 Å². The quantitative estimate of drug-likeness (QED) is 0.760. The molecule has 0 aliphatic heterocycles. The number of para-hydroxylation sites is 2. The number of amides is 1. The molecule has 0 aromatic heterocycles. The number of carbonyl (C=O) groups excluding carboxylic acids is 1. The van der Waals surface area contributed by atoms with Gasteiger partial charge in [-0.2, -0.15) is 0 Å². The summed E-state index contributed by atoms with van der Waals surface area (Å²) in [5.41, 5.74) is 0. The fourth-order valence-electron chi connectivity index (χ4n) is 2.37. The molecule has 0 atom stereocenters. The summed E-state index contributed by atoms with van der Waals surface area (Å²) in [5.74, 6) is 1.07. The van der Waals surface area contributed by atoms with E-state index >= 15 is 0 Å². The first-order valence-electron chi connectivity index (χ1n) is 7.74. The highest BCUT2D eigenvalue weighted by molar-refractivity contribution is 5.77. The first kappa shape index (κ1) is 18.3. The Morgan fingerprint density at radius 2 is 1.73 bits per heavy atom. The molecular weight excluding hydrogens is 280 g/mol. The van der Waals surface area contributed by atoms with Crippen LogP contribution in [0, 0.1) is 0 Å². The third-order valence-corrected chi connectivity index (χ3v) is 3.45. The number of nitrogens with zero attached hydrogens (tertiary/aromatic N) is 1. The monoisotopic (exact) mass is 308 g/mol. The van der Waals surface area contributed by atoms with Crippen LogP contribution < -0.4 is 14.8 Å². The molecule has 0 aliphatic rings. The van der Waals surface area contributed by atoms with Crippen molar-refractivity contribution in [1.29, 1.82) is 0 Å². The van der Waals surface area contributed by atoms with E-state index in [0.717, 1.165) is 6.54 Å². The maximum absolute atomic E-state index is 11.8. The smallest absolute Gasteiger partial charge is 0.257 e. The Morgan fingerprint density at radius 1 is 1.14 bits per heavy atom. The van der Waals surface area contributed by atoms with E-state index in [1.165, 1.54) is 0 Å². The number of hydrogen-bond acceptors (Lipinski definition) is 4. The van der Waals surface area contributed by atoms with Crippen LogP contribution in [0.2, 0.25) is 0 Å². The Labute approximate surface area is 133 Å². The number of benzene rings is 1. The van der Waals surface area contributed by atoms with Crippen molar-refractivity contribution in [3.05, 3.63) is 24.3 Å². The van der Waals surface area contributed by atoms with Crippen molar-refractivity contribution in [3.8, 4) is 11.5 Å². The van der Waals surface area contributed by atoms with Crippen molar-refractivity contribution in [2.45, 2.75) is 39.8 Å². The third kappa shape index (κ3) is 5.93. The highest BCUT2D eigenvalue weighted by atomic mass is 16.5. The molecule has 5 nitrogen and oxygen atoms in total. The molecule has 1 N–H and O–H groups in total. The number of methoxy groups -OCH3 is 1. The van der Waals surface area contributed by atoms with Crippen molar-refractivity contribution in [3.63, 3.8) is 0 Å². The number of nitrogens with one attached hydrogen (secondary N) is 1. The summed E-state index contributed by atoms with van der Waals surface area (Å²) in [6.45, 7) is 10.1. The molecule has 1 rings (SSSR count). The second kappa shape index (κ2) is 9.30. The van der Waals surface area contributed by atoms with Crippen LogP contribution >= 0.6 is 0 Å². The number of ether oxygens (including phenoxy) is 2. The average Bonchev–Trinajstić information content (AvgIpc) is 2.48. The van der Waals surface area contributed by atoms with E-state index in [-0.39, 0.29) is 12.5 Å². The number of rotatable bonds is 9. The molecule has 0 bridgehead atoms. The Balaban J connectivity index is 2.35. The lowest BCUT2D eigenvalue weighted by Crippen LogP contribution is -2.43. The third-order valence-electron chi connectivity index (χ3n) is 3.45. The zero-order chi connectivity index (χ0) is 16.5. The summed E-state index contributed by atoms with van der Waals surface area (Å²) in [6.07, 6.45) is 0. The van der Waals surface area contributed by atoms with Crippen LogP contribution in [0.5, 0.6) is 11.5 Å². The summed E-state index contributed by atoms with van der Waals surface area (Å²) >= 11 is 0. The summed E-state index contributed by atoms with van der Waals surface area (Å²) < 4.78 is 10.7. The molecule has 0 fully saturated rings. The van der Waals surface area contributed by atoms with Gasteiger partial charge in [0.25, 0.3) is 5.91 Å². The van der Waals surface area contributed by atoms with Gasteiger partial charge in [-0.25, -0.2) is 0 Å². The van der Waals surface area contributed by atoms with Gasteiger partial charge in [-0.3, -0.25) is 9.69 Å². The fourth-order valence-corrected chi connectivity index (χ4v) is 2.37. The zero-order valence-corrected chi connectivity index (χ0v) is 14.3. The van der Waals surface area contributed by atoms with E-state index in [0.29, 0.717) is 30.1 Å². The first-order valence-corrected chi connectivity index (χ1v) is 7.74. The van der Waals surface area contributed by atoms with Crippen LogP contribution in [0.3, 0.4) is 0 Å². The lowest BCUT2D eigenvalue weighted by atomic mass is 10.2. The van der Waals surface area contributed by atoms with Crippen LogP contribution in [0.1, 0.15) is 27.7 Å². The highest BCUT2D eigenvalue weighted by Crippen LogP contribution is 2.25. The van der Waals surface area contributed by atoms with Crippen LogP contribution in [-0.2, 0) is 4.79 Å². The second-order valence-electron chi connectivity index (χ2n) is 5.71. The molecule has 0 aliphatic carbocycles. The molecule has 0 radical (unpaired) electrons. The van der Waals surface area contributed by atoms with E-state index < -0.39 is 0 Å². The number of carbonyl (C=O) groups is 1. The predicted molar refractivity (Wildman–Crippen MR) is 88.5 cm³/mol. The van der Waals surface area contributed by atoms with Crippen molar-refractivity contribution in [2.75, 3.05) is 26.8 Å². The predicted octanol–water partition coefficient (Wildman–Crippen LogP) is 2.31. The fraction of sp³-hybridized carbons (Fsp3) is 0.588. The molecule has 0 saturated heterocycles. The maximum atomic E-state index is 11.8. The van der Waals surface area contributed by atoms with Gasteiger partial charge in [0.2, 0.25) is 0 Å². The summed E-state index contributed by atoms with van der Waals surface area (Å²) in [4.78, 5) is 14.2. The lowest BCUT2D eigenvalue weighted by molar-refractivity contribution is -0.123. The van der Waals surface area contributed by atoms with E-state index in [1.807, 2.05) is 12.1 Å².